The molecule has 3 nitrogen and oxygen atoms in total. The number of hydrogen-bond donors (Lipinski definition) is 1. The Balaban J connectivity index is 1.41. The maximum atomic E-state index is 13.0. The standard InChI is InChI=1S/C18H30N2O/c19-17-14-2-1-3-15(17)9-16(8-14)18(21)20(10-12-4-5-12)11-13-6-7-13/h12-17H,1-11,19H2. The summed E-state index contributed by atoms with van der Waals surface area (Å²) in [7, 11) is 0. The summed E-state index contributed by atoms with van der Waals surface area (Å²) in [6.45, 7) is 2.10. The molecular weight excluding hydrogens is 260 g/mol. The van der Waals surface area contributed by atoms with Crippen molar-refractivity contribution in [3.05, 3.63) is 0 Å². The highest BCUT2D eigenvalue weighted by atomic mass is 16.2. The van der Waals surface area contributed by atoms with Crippen LogP contribution in [0.3, 0.4) is 0 Å². The maximum Gasteiger partial charge on any atom is 0.225 e. The fourth-order valence-electron chi connectivity index (χ4n) is 4.73. The number of nitrogens with zero attached hydrogens (tertiary/aromatic N) is 1. The number of fused-ring (bicyclic) bond motifs is 2. The maximum absolute atomic E-state index is 13.0. The second kappa shape index (κ2) is 5.57. The fraction of sp³-hybridized carbons (Fsp3) is 0.944. The van der Waals surface area contributed by atoms with E-state index in [0.29, 0.717) is 23.8 Å². The van der Waals surface area contributed by atoms with Crippen molar-refractivity contribution in [3.8, 4) is 0 Å². The number of rotatable bonds is 5. The van der Waals surface area contributed by atoms with E-state index in [4.69, 9.17) is 5.73 Å². The average molecular weight is 290 g/mol. The number of hydrogen-bond acceptors (Lipinski definition) is 2. The molecule has 0 aromatic carbocycles. The Labute approximate surface area is 128 Å². The van der Waals surface area contributed by atoms with Gasteiger partial charge in [0.2, 0.25) is 5.91 Å². The molecule has 0 heterocycles. The van der Waals surface area contributed by atoms with Crippen LogP contribution in [-0.4, -0.2) is 29.9 Å². The Hall–Kier alpha value is -0.570. The van der Waals surface area contributed by atoms with Gasteiger partial charge < -0.3 is 10.6 Å². The zero-order valence-electron chi connectivity index (χ0n) is 13.2. The second-order valence-electron chi connectivity index (χ2n) is 8.33. The van der Waals surface area contributed by atoms with E-state index in [2.05, 4.69) is 4.90 Å². The number of nitrogens with two attached hydrogens (primary N) is 1. The molecule has 2 N–H and O–H groups in total. The van der Waals surface area contributed by atoms with E-state index < -0.39 is 0 Å². The number of carbonyl (C=O) groups is 1. The molecule has 4 aliphatic carbocycles. The van der Waals surface area contributed by atoms with Gasteiger partial charge in [-0.25, -0.2) is 0 Å². The van der Waals surface area contributed by atoms with Gasteiger partial charge in [-0.05, 0) is 75.0 Å². The lowest BCUT2D eigenvalue weighted by atomic mass is 9.65. The van der Waals surface area contributed by atoms with Gasteiger partial charge in [0.05, 0.1) is 0 Å². The van der Waals surface area contributed by atoms with Gasteiger partial charge in [0, 0.05) is 25.0 Å². The molecule has 1 amide bonds. The molecule has 4 fully saturated rings. The largest absolute Gasteiger partial charge is 0.342 e. The van der Waals surface area contributed by atoms with E-state index in [1.54, 1.807) is 0 Å². The van der Waals surface area contributed by atoms with Crippen LogP contribution in [0, 0.1) is 29.6 Å². The SMILES string of the molecule is NC1C2CCCC1CC(C(=O)N(CC1CC1)CC1CC1)C2. The highest BCUT2D eigenvalue weighted by Crippen LogP contribution is 2.43. The van der Waals surface area contributed by atoms with Crippen LogP contribution in [0.2, 0.25) is 0 Å². The van der Waals surface area contributed by atoms with Crippen LogP contribution in [0.4, 0.5) is 0 Å². The molecule has 0 saturated heterocycles. The van der Waals surface area contributed by atoms with Crippen LogP contribution >= 0.6 is 0 Å². The summed E-state index contributed by atoms with van der Waals surface area (Å²) in [5, 5.41) is 0. The Kier molecular flexibility index (Phi) is 3.72. The molecule has 21 heavy (non-hydrogen) atoms. The summed E-state index contributed by atoms with van der Waals surface area (Å²) in [6, 6.07) is 0.378. The van der Waals surface area contributed by atoms with Crippen molar-refractivity contribution < 1.29 is 4.79 Å². The summed E-state index contributed by atoms with van der Waals surface area (Å²) < 4.78 is 0. The lowest BCUT2D eigenvalue weighted by Gasteiger charge is -2.44. The fourth-order valence-corrected chi connectivity index (χ4v) is 4.73. The molecule has 4 aliphatic rings. The molecule has 0 aromatic rings. The van der Waals surface area contributed by atoms with Crippen LogP contribution in [0.25, 0.3) is 0 Å². The van der Waals surface area contributed by atoms with E-state index in [1.165, 1.54) is 44.9 Å². The first-order valence-corrected chi connectivity index (χ1v) is 9.25. The third-order valence-electron chi connectivity index (χ3n) is 6.42. The molecule has 0 radical (unpaired) electrons. The van der Waals surface area contributed by atoms with Crippen molar-refractivity contribution in [3.63, 3.8) is 0 Å². The normalized spacial score (nSPS) is 39.1. The smallest absolute Gasteiger partial charge is 0.225 e. The van der Waals surface area contributed by atoms with E-state index in [9.17, 15) is 4.79 Å². The predicted octanol–water partition coefficient (Wildman–Crippen LogP) is 2.79. The molecule has 3 heteroatoms. The Bertz CT molecular complexity index is 374. The molecule has 2 bridgehead atoms. The summed E-state index contributed by atoms with van der Waals surface area (Å²) in [5.41, 5.74) is 6.38. The molecular formula is C18H30N2O. The molecule has 0 aromatic heterocycles. The van der Waals surface area contributed by atoms with Crippen LogP contribution in [-0.2, 0) is 4.79 Å². The highest BCUT2D eigenvalue weighted by Gasteiger charge is 2.42. The third kappa shape index (κ3) is 3.13. The van der Waals surface area contributed by atoms with Crippen molar-refractivity contribution in [2.45, 2.75) is 63.8 Å². The van der Waals surface area contributed by atoms with Gasteiger partial charge in [-0.15, -0.1) is 0 Å². The quantitative estimate of drug-likeness (QED) is 0.846. The van der Waals surface area contributed by atoms with Crippen LogP contribution < -0.4 is 5.73 Å². The van der Waals surface area contributed by atoms with Gasteiger partial charge >= 0.3 is 0 Å². The van der Waals surface area contributed by atoms with Gasteiger partial charge in [-0.1, -0.05) is 6.42 Å². The van der Waals surface area contributed by atoms with Gasteiger partial charge in [0.25, 0.3) is 0 Å². The highest BCUT2D eigenvalue weighted by molar-refractivity contribution is 5.79. The van der Waals surface area contributed by atoms with Crippen LogP contribution in [0.15, 0.2) is 0 Å². The molecule has 0 aliphatic heterocycles. The van der Waals surface area contributed by atoms with Crippen molar-refractivity contribution in [1.29, 1.82) is 0 Å². The minimum Gasteiger partial charge on any atom is -0.342 e. The first-order chi connectivity index (χ1) is 10.2. The predicted molar refractivity (Wildman–Crippen MR) is 83.6 cm³/mol. The topological polar surface area (TPSA) is 46.3 Å². The van der Waals surface area contributed by atoms with Gasteiger partial charge in [0.1, 0.15) is 0 Å². The Morgan fingerprint density at radius 1 is 0.905 bits per heavy atom. The zero-order chi connectivity index (χ0) is 14.4. The van der Waals surface area contributed by atoms with E-state index >= 15 is 0 Å². The van der Waals surface area contributed by atoms with Crippen molar-refractivity contribution >= 4 is 5.91 Å². The molecule has 4 saturated carbocycles. The third-order valence-corrected chi connectivity index (χ3v) is 6.42. The van der Waals surface area contributed by atoms with Crippen molar-refractivity contribution in [1.82, 2.24) is 4.90 Å². The van der Waals surface area contributed by atoms with Crippen molar-refractivity contribution in [2.75, 3.05) is 13.1 Å². The summed E-state index contributed by atoms with van der Waals surface area (Å²) >= 11 is 0. The minimum atomic E-state index is 0.289. The first-order valence-electron chi connectivity index (χ1n) is 9.25. The number of amides is 1. The molecule has 2 atom stereocenters. The van der Waals surface area contributed by atoms with Gasteiger partial charge in [-0.3, -0.25) is 4.79 Å². The summed E-state index contributed by atoms with van der Waals surface area (Å²) in [6.07, 6.45) is 11.4. The molecule has 0 spiro atoms. The lowest BCUT2D eigenvalue weighted by molar-refractivity contribution is -0.139. The van der Waals surface area contributed by atoms with Gasteiger partial charge in [0.15, 0.2) is 0 Å². The molecule has 4 rings (SSSR count). The Morgan fingerprint density at radius 3 is 1.90 bits per heavy atom. The zero-order valence-corrected chi connectivity index (χ0v) is 13.2. The number of carbonyl (C=O) groups excluding carboxylic acids is 1. The van der Waals surface area contributed by atoms with Crippen molar-refractivity contribution in [2.24, 2.45) is 35.3 Å². The van der Waals surface area contributed by atoms with Crippen LogP contribution in [0.5, 0.6) is 0 Å². The monoisotopic (exact) mass is 290 g/mol. The van der Waals surface area contributed by atoms with Gasteiger partial charge in [-0.2, -0.15) is 0 Å². The lowest BCUT2D eigenvalue weighted by Crippen LogP contribution is -2.50. The Morgan fingerprint density at radius 2 is 1.43 bits per heavy atom. The summed E-state index contributed by atoms with van der Waals surface area (Å²) in [4.78, 5) is 15.3. The van der Waals surface area contributed by atoms with E-state index in [1.807, 2.05) is 0 Å². The average Bonchev–Trinajstić information content (AvgIpc) is 3.32. The first kappa shape index (κ1) is 14.0. The molecule has 118 valence electrons. The summed E-state index contributed by atoms with van der Waals surface area (Å²) in [5.74, 6) is 3.65. The van der Waals surface area contributed by atoms with E-state index in [0.717, 1.165) is 37.8 Å². The molecule has 2 unspecified atom stereocenters. The second-order valence-corrected chi connectivity index (χ2v) is 8.33. The minimum absolute atomic E-state index is 0.289. The van der Waals surface area contributed by atoms with Crippen LogP contribution in [0.1, 0.15) is 57.8 Å². The van der Waals surface area contributed by atoms with E-state index in [-0.39, 0.29) is 5.92 Å².